The first-order valence-electron chi connectivity index (χ1n) is 6.02. The molecule has 0 aromatic heterocycles. The normalized spacial score (nSPS) is 30.2. The maximum absolute atomic E-state index is 5.35. The molecule has 16 heavy (non-hydrogen) atoms. The van der Waals surface area contributed by atoms with Gasteiger partial charge in [0.15, 0.2) is 0 Å². The standard InChI is InChI=1S/C13H18N2O/c1-2-4-12(5-3-1)13-10-15(13)11-14-6-8-16-9-7-14/h1-5,13H,6-11H2. The van der Waals surface area contributed by atoms with Crippen molar-refractivity contribution in [2.45, 2.75) is 6.04 Å². The van der Waals surface area contributed by atoms with E-state index in [0.717, 1.165) is 33.0 Å². The molecule has 1 aromatic rings. The molecule has 0 bridgehead atoms. The van der Waals surface area contributed by atoms with Crippen molar-refractivity contribution < 1.29 is 4.74 Å². The average molecular weight is 218 g/mol. The van der Waals surface area contributed by atoms with Gasteiger partial charge >= 0.3 is 0 Å². The second kappa shape index (κ2) is 4.53. The lowest BCUT2D eigenvalue weighted by Gasteiger charge is -2.27. The van der Waals surface area contributed by atoms with E-state index in [1.807, 2.05) is 0 Å². The topological polar surface area (TPSA) is 15.5 Å². The van der Waals surface area contributed by atoms with Crippen LogP contribution in [0.5, 0.6) is 0 Å². The van der Waals surface area contributed by atoms with Crippen molar-refractivity contribution in [1.82, 2.24) is 9.80 Å². The molecule has 2 fully saturated rings. The SMILES string of the molecule is c1ccc(C2CN2CN2CCOCC2)cc1. The zero-order valence-electron chi connectivity index (χ0n) is 9.51. The second-order valence-corrected chi connectivity index (χ2v) is 4.57. The average Bonchev–Trinajstić information content (AvgIpc) is 3.11. The molecule has 0 amide bonds. The van der Waals surface area contributed by atoms with Crippen LogP contribution in [0.4, 0.5) is 0 Å². The summed E-state index contributed by atoms with van der Waals surface area (Å²) in [6.45, 7) is 6.26. The molecule has 3 rings (SSSR count). The van der Waals surface area contributed by atoms with Crippen LogP contribution in [0.1, 0.15) is 11.6 Å². The van der Waals surface area contributed by atoms with Gasteiger partial charge in [0.2, 0.25) is 0 Å². The van der Waals surface area contributed by atoms with Gasteiger partial charge in [-0.05, 0) is 5.56 Å². The van der Waals surface area contributed by atoms with Gasteiger partial charge in [0.05, 0.1) is 19.9 Å². The van der Waals surface area contributed by atoms with E-state index in [1.165, 1.54) is 12.1 Å². The molecule has 2 aliphatic rings. The molecule has 86 valence electrons. The molecule has 2 heterocycles. The van der Waals surface area contributed by atoms with Crippen LogP contribution in [0.2, 0.25) is 0 Å². The van der Waals surface area contributed by atoms with E-state index in [0.29, 0.717) is 6.04 Å². The minimum absolute atomic E-state index is 0.657. The van der Waals surface area contributed by atoms with E-state index in [-0.39, 0.29) is 0 Å². The lowest BCUT2D eigenvalue weighted by atomic mass is 10.2. The first-order valence-corrected chi connectivity index (χ1v) is 6.02. The van der Waals surface area contributed by atoms with E-state index in [9.17, 15) is 0 Å². The Morgan fingerprint density at radius 2 is 1.88 bits per heavy atom. The van der Waals surface area contributed by atoms with Gasteiger partial charge in [-0.2, -0.15) is 0 Å². The van der Waals surface area contributed by atoms with Crippen LogP contribution in [0.15, 0.2) is 30.3 Å². The highest BCUT2D eigenvalue weighted by Crippen LogP contribution is 2.34. The number of hydrogen-bond donors (Lipinski definition) is 0. The minimum Gasteiger partial charge on any atom is -0.379 e. The van der Waals surface area contributed by atoms with Gasteiger partial charge in [-0.15, -0.1) is 0 Å². The van der Waals surface area contributed by atoms with Gasteiger partial charge in [-0.3, -0.25) is 9.80 Å². The second-order valence-electron chi connectivity index (χ2n) is 4.57. The maximum Gasteiger partial charge on any atom is 0.0594 e. The lowest BCUT2D eigenvalue weighted by Crippen LogP contribution is -2.39. The Bertz CT molecular complexity index is 335. The summed E-state index contributed by atoms with van der Waals surface area (Å²) in [5, 5.41) is 0. The van der Waals surface area contributed by atoms with Crippen LogP contribution in [-0.4, -0.2) is 49.3 Å². The van der Waals surface area contributed by atoms with Gasteiger partial charge in [-0.1, -0.05) is 30.3 Å². The molecule has 3 heteroatoms. The molecule has 3 nitrogen and oxygen atoms in total. The highest BCUT2D eigenvalue weighted by molar-refractivity contribution is 5.23. The van der Waals surface area contributed by atoms with Crippen molar-refractivity contribution in [1.29, 1.82) is 0 Å². The Morgan fingerprint density at radius 1 is 1.12 bits per heavy atom. The first-order chi connectivity index (χ1) is 7.93. The monoisotopic (exact) mass is 218 g/mol. The van der Waals surface area contributed by atoms with E-state index < -0.39 is 0 Å². The summed E-state index contributed by atoms with van der Waals surface area (Å²) in [6, 6.07) is 11.4. The molecule has 0 radical (unpaired) electrons. The summed E-state index contributed by atoms with van der Waals surface area (Å²) in [4.78, 5) is 4.99. The predicted octanol–water partition coefficient (Wildman–Crippen LogP) is 1.33. The summed E-state index contributed by atoms with van der Waals surface area (Å²) in [6.07, 6.45) is 0. The number of morpholine rings is 1. The van der Waals surface area contributed by atoms with Crippen LogP contribution >= 0.6 is 0 Å². The molecule has 1 aromatic carbocycles. The largest absolute Gasteiger partial charge is 0.379 e. The van der Waals surface area contributed by atoms with E-state index in [1.54, 1.807) is 0 Å². The minimum atomic E-state index is 0.657. The first kappa shape index (κ1) is 10.3. The molecule has 0 aliphatic carbocycles. The molecule has 2 unspecified atom stereocenters. The van der Waals surface area contributed by atoms with E-state index in [2.05, 4.69) is 40.1 Å². The summed E-state index contributed by atoms with van der Waals surface area (Å²) < 4.78 is 5.35. The van der Waals surface area contributed by atoms with Crippen molar-refractivity contribution in [3.05, 3.63) is 35.9 Å². The summed E-state index contributed by atoms with van der Waals surface area (Å²) in [5.74, 6) is 0. The summed E-state index contributed by atoms with van der Waals surface area (Å²) in [7, 11) is 0. The number of benzene rings is 1. The number of hydrogen-bond acceptors (Lipinski definition) is 3. The third-order valence-electron chi connectivity index (χ3n) is 3.38. The Balaban J connectivity index is 1.52. The van der Waals surface area contributed by atoms with Crippen molar-refractivity contribution >= 4 is 0 Å². The fraction of sp³-hybridized carbons (Fsp3) is 0.538. The highest BCUT2D eigenvalue weighted by atomic mass is 16.5. The molecule has 0 N–H and O–H groups in total. The van der Waals surface area contributed by atoms with E-state index in [4.69, 9.17) is 4.74 Å². The Morgan fingerprint density at radius 3 is 2.62 bits per heavy atom. The fourth-order valence-corrected chi connectivity index (χ4v) is 2.32. The van der Waals surface area contributed by atoms with Crippen LogP contribution in [0.3, 0.4) is 0 Å². The number of rotatable bonds is 3. The van der Waals surface area contributed by atoms with Crippen LogP contribution in [-0.2, 0) is 4.74 Å². The van der Waals surface area contributed by atoms with Gasteiger partial charge in [-0.25, -0.2) is 0 Å². The quantitative estimate of drug-likeness (QED) is 0.712. The van der Waals surface area contributed by atoms with Crippen molar-refractivity contribution in [2.75, 3.05) is 39.5 Å². The molecular formula is C13H18N2O. The predicted molar refractivity (Wildman–Crippen MR) is 63.1 cm³/mol. The van der Waals surface area contributed by atoms with Gasteiger partial charge < -0.3 is 4.74 Å². The smallest absolute Gasteiger partial charge is 0.0594 e. The summed E-state index contributed by atoms with van der Waals surface area (Å²) in [5.41, 5.74) is 1.45. The molecule has 2 aliphatic heterocycles. The van der Waals surface area contributed by atoms with E-state index >= 15 is 0 Å². The molecule has 2 saturated heterocycles. The molecule has 0 saturated carbocycles. The van der Waals surface area contributed by atoms with Gasteiger partial charge in [0.1, 0.15) is 0 Å². The molecular weight excluding hydrogens is 200 g/mol. The molecule has 2 atom stereocenters. The third kappa shape index (κ3) is 2.26. The molecule has 0 spiro atoms. The van der Waals surface area contributed by atoms with Crippen molar-refractivity contribution in [2.24, 2.45) is 0 Å². The van der Waals surface area contributed by atoms with Crippen LogP contribution in [0, 0.1) is 0 Å². The fourth-order valence-electron chi connectivity index (χ4n) is 2.32. The summed E-state index contributed by atoms with van der Waals surface area (Å²) >= 11 is 0. The van der Waals surface area contributed by atoms with Crippen LogP contribution in [0.25, 0.3) is 0 Å². The Labute approximate surface area is 96.6 Å². The Kier molecular flexibility index (Phi) is 2.91. The van der Waals surface area contributed by atoms with Gasteiger partial charge in [0, 0.05) is 25.7 Å². The van der Waals surface area contributed by atoms with Crippen molar-refractivity contribution in [3.63, 3.8) is 0 Å². The lowest BCUT2D eigenvalue weighted by molar-refractivity contribution is 0.0247. The number of ether oxygens (including phenoxy) is 1. The van der Waals surface area contributed by atoms with Gasteiger partial charge in [0.25, 0.3) is 0 Å². The maximum atomic E-state index is 5.35. The van der Waals surface area contributed by atoms with Crippen molar-refractivity contribution in [3.8, 4) is 0 Å². The highest BCUT2D eigenvalue weighted by Gasteiger charge is 2.36. The number of nitrogens with zero attached hydrogens (tertiary/aromatic N) is 2. The zero-order valence-corrected chi connectivity index (χ0v) is 9.51. The third-order valence-corrected chi connectivity index (χ3v) is 3.38. The van der Waals surface area contributed by atoms with Crippen LogP contribution < -0.4 is 0 Å². The zero-order chi connectivity index (χ0) is 10.8. The Hall–Kier alpha value is -0.900.